The van der Waals surface area contributed by atoms with Crippen LogP contribution in [-0.2, 0) is 4.84 Å². The van der Waals surface area contributed by atoms with Crippen molar-refractivity contribution in [1.82, 2.24) is 0 Å². The molecule has 0 aromatic heterocycles. The van der Waals surface area contributed by atoms with Gasteiger partial charge in [-0.15, -0.1) is 0 Å². The van der Waals surface area contributed by atoms with Crippen LogP contribution in [0.2, 0.25) is 0 Å². The van der Waals surface area contributed by atoms with Gasteiger partial charge in [0.15, 0.2) is 11.5 Å². The van der Waals surface area contributed by atoms with Gasteiger partial charge in [-0.3, -0.25) is 0 Å². The first-order chi connectivity index (χ1) is 8.86. The van der Waals surface area contributed by atoms with E-state index < -0.39 is 0 Å². The fourth-order valence-corrected chi connectivity index (χ4v) is 2.57. The van der Waals surface area contributed by atoms with Crippen molar-refractivity contribution in [3.05, 3.63) is 18.2 Å². The van der Waals surface area contributed by atoms with Gasteiger partial charge in [0.1, 0.15) is 13.2 Å². The van der Waals surface area contributed by atoms with Gasteiger partial charge in [-0.1, -0.05) is 0 Å². The summed E-state index contributed by atoms with van der Waals surface area (Å²) < 4.78 is 11.1. The van der Waals surface area contributed by atoms with Gasteiger partial charge in [0.25, 0.3) is 0 Å². The SMILES string of the molecule is NOCC1CCN(c2ccc3c(c2)OCCO3)C1. The average molecular weight is 250 g/mol. The van der Waals surface area contributed by atoms with Crippen molar-refractivity contribution in [2.75, 3.05) is 37.8 Å². The van der Waals surface area contributed by atoms with Gasteiger partial charge in [-0.2, -0.15) is 0 Å². The van der Waals surface area contributed by atoms with E-state index in [-0.39, 0.29) is 0 Å². The van der Waals surface area contributed by atoms with Crippen LogP contribution in [0.3, 0.4) is 0 Å². The summed E-state index contributed by atoms with van der Waals surface area (Å²) in [6.45, 7) is 3.90. The highest BCUT2D eigenvalue weighted by Crippen LogP contribution is 2.35. The highest BCUT2D eigenvalue weighted by atomic mass is 16.6. The lowest BCUT2D eigenvalue weighted by Gasteiger charge is -2.23. The van der Waals surface area contributed by atoms with Gasteiger partial charge in [0, 0.05) is 30.8 Å². The van der Waals surface area contributed by atoms with Crippen molar-refractivity contribution in [1.29, 1.82) is 0 Å². The molecule has 1 atom stereocenters. The van der Waals surface area contributed by atoms with Crippen LogP contribution in [0.4, 0.5) is 5.69 Å². The topological polar surface area (TPSA) is 57.0 Å². The molecule has 0 spiro atoms. The number of nitrogens with zero attached hydrogens (tertiary/aromatic N) is 1. The van der Waals surface area contributed by atoms with Crippen LogP contribution in [0.25, 0.3) is 0 Å². The normalized spacial score (nSPS) is 22.3. The van der Waals surface area contributed by atoms with Crippen molar-refractivity contribution < 1.29 is 14.3 Å². The molecule has 0 aliphatic carbocycles. The molecule has 2 heterocycles. The monoisotopic (exact) mass is 250 g/mol. The molecule has 98 valence electrons. The summed E-state index contributed by atoms with van der Waals surface area (Å²) in [5, 5.41) is 0. The number of hydrogen-bond donors (Lipinski definition) is 1. The second kappa shape index (κ2) is 5.04. The highest BCUT2D eigenvalue weighted by Gasteiger charge is 2.24. The zero-order valence-electron chi connectivity index (χ0n) is 10.3. The summed E-state index contributed by atoms with van der Waals surface area (Å²) in [5.74, 6) is 7.33. The van der Waals surface area contributed by atoms with Gasteiger partial charge in [-0.05, 0) is 18.6 Å². The minimum absolute atomic E-state index is 0.517. The molecule has 0 saturated carbocycles. The first-order valence-electron chi connectivity index (χ1n) is 6.33. The van der Waals surface area contributed by atoms with Gasteiger partial charge in [0.05, 0.1) is 6.61 Å². The van der Waals surface area contributed by atoms with Crippen LogP contribution in [0.1, 0.15) is 6.42 Å². The summed E-state index contributed by atoms with van der Waals surface area (Å²) in [6, 6.07) is 6.12. The second-order valence-corrected chi connectivity index (χ2v) is 4.76. The minimum atomic E-state index is 0.517. The van der Waals surface area contributed by atoms with E-state index >= 15 is 0 Å². The molecule has 1 aromatic carbocycles. The van der Waals surface area contributed by atoms with E-state index in [0.717, 1.165) is 31.0 Å². The van der Waals surface area contributed by atoms with Crippen LogP contribution in [0.15, 0.2) is 18.2 Å². The number of hydrogen-bond acceptors (Lipinski definition) is 5. The number of benzene rings is 1. The molecule has 1 aromatic rings. The Morgan fingerprint density at radius 1 is 1.28 bits per heavy atom. The third-order valence-electron chi connectivity index (χ3n) is 3.51. The van der Waals surface area contributed by atoms with E-state index in [9.17, 15) is 0 Å². The molecule has 3 rings (SSSR count). The molecule has 5 nitrogen and oxygen atoms in total. The molecule has 0 radical (unpaired) electrons. The van der Waals surface area contributed by atoms with E-state index in [0.29, 0.717) is 25.7 Å². The predicted octanol–water partition coefficient (Wildman–Crippen LogP) is 1.17. The molecule has 2 aliphatic heterocycles. The lowest BCUT2D eigenvalue weighted by Crippen LogP contribution is -2.22. The van der Waals surface area contributed by atoms with E-state index in [1.54, 1.807) is 0 Å². The molecular weight excluding hydrogens is 232 g/mol. The Labute approximate surface area is 106 Å². The van der Waals surface area contributed by atoms with Crippen molar-refractivity contribution >= 4 is 5.69 Å². The van der Waals surface area contributed by atoms with E-state index in [4.69, 9.17) is 20.2 Å². The largest absolute Gasteiger partial charge is 0.486 e. The van der Waals surface area contributed by atoms with E-state index in [2.05, 4.69) is 17.0 Å². The molecule has 2 N–H and O–H groups in total. The summed E-state index contributed by atoms with van der Waals surface area (Å²) in [5.41, 5.74) is 1.18. The van der Waals surface area contributed by atoms with E-state index in [1.807, 2.05) is 6.07 Å². The Balaban J connectivity index is 1.73. The van der Waals surface area contributed by atoms with Gasteiger partial charge < -0.3 is 19.2 Å². The number of ether oxygens (including phenoxy) is 2. The Bertz CT molecular complexity index is 425. The fourth-order valence-electron chi connectivity index (χ4n) is 2.57. The number of anilines is 1. The number of fused-ring (bicyclic) bond motifs is 1. The first kappa shape index (κ1) is 11.6. The Kier molecular flexibility index (Phi) is 3.25. The van der Waals surface area contributed by atoms with Gasteiger partial charge in [0.2, 0.25) is 0 Å². The standard InChI is InChI=1S/C13H18N2O3/c14-18-9-10-3-4-15(8-10)11-1-2-12-13(7-11)17-6-5-16-12/h1-2,7,10H,3-6,8-9,14H2. The molecule has 5 heteroatoms. The van der Waals surface area contributed by atoms with Gasteiger partial charge in [-0.25, -0.2) is 5.90 Å². The summed E-state index contributed by atoms with van der Waals surface area (Å²) in [6.07, 6.45) is 1.12. The fraction of sp³-hybridized carbons (Fsp3) is 0.538. The average Bonchev–Trinajstić information content (AvgIpc) is 2.87. The maximum Gasteiger partial charge on any atom is 0.163 e. The van der Waals surface area contributed by atoms with Crippen molar-refractivity contribution in [3.8, 4) is 11.5 Å². The summed E-state index contributed by atoms with van der Waals surface area (Å²) >= 11 is 0. The van der Waals surface area contributed by atoms with E-state index in [1.165, 1.54) is 5.69 Å². The molecule has 18 heavy (non-hydrogen) atoms. The van der Waals surface area contributed by atoms with Crippen molar-refractivity contribution in [2.24, 2.45) is 11.8 Å². The molecule has 1 unspecified atom stereocenters. The first-order valence-corrected chi connectivity index (χ1v) is 6.33. The quantitative estimate of drug-likeness (QED) is 0.816. The molecular formula is C13H18N2O3. The Morgan fingerprint density at radius 2 is 2.11 bits per heavy atom. The number of rotatable bonds is 3. The van der Waals surface area contributed by atoms with Crippen LogP contribution in [0.5, 0.6) is 11.5 Å². The molecule has 1 saturated heterocycles. The minimum Gasteiger partial charge on any atom is -0.486 e. The maximum atomic E-state index is 5.60. The maximum absolute atomic E-state index is 5.60. The predicted molar refractivity (Wildman–Crippen MR) is 67.9 cm³/mol. The van der Waals surface area contributed by atoms with Crippen LogP contribution >= 0.6 is 0 Å². The third-order valence-corrected chi connectivity index (χ3v) is 3.51. The van der Waals surface area contributed by atoms with Gasteiger partial charge >= 0.3 is 0 Å². The summed E-state index contributed by atoms with van der Waals surface area (Å²) in [7, 11) is 0. The highest BCUT2D eigenvalue weighted by molar-refractivity contribution is 5.57. The van der Waals surface area contributed by atoms with Crippen LogP contribution in [-0.4, -0.2) is 32.9 Å². The Morgan fingerprint density at radius 3 is 2.94 bits per heavy atom. The van der Waals surface area contributed by atoms with Crippen molar-refractivity contribution in [2.45, 2.75) is 6.42 Å². The van der Waals surface area contributed by atoms with Crippen LogP contribution < -0.4 is 20.3 Å². The molecule has 0 bridgehead atoms. The smallest absolute Gasteiger partial charge is 0.163 e. The van der Waals surface area contributed by atoms with Crippen LogP contribution in [0, 0.1) is 5.92 Å². The third kappa shape index (κ3) is 2.23. The van der Waals surface area contributed by atoms with Crippen molar-refractivity contribution in [3.63, 3.8) is 0 Å². The zero-order chi connectivity index (χ0) is 12.4. The number of nitrogens with two attached hydrogens (primary N) is 1. The summed E-state index contributed by atoms with van der Waals surface area (Å²) in [4.78, 5) is 7.06. The zero-order valence-corrected chi connectivity index (χ0v) is 10.3. The lowest BCUT2D eigenvalue weighted by molar-refractivity contribution is 0.108. The Hall–Kier alpha value is -1.46. The molecule has 0 amide bonds. The second-order valence-electron chi connectivity index (χ2n) is 4.76. The lowest BCUT2D eigenvalue weighted by atomic mass is 10.1. The molecule has 2 aliphatic rings. The molecule has 1 fully saturated rings.